The molecule has 29 heavy (non-hydrogen) atoms. The number of aliphatic imine (C=N–C) groups is 1. The molecule has 3 N–H and O–H groups in total. The summed E-state index contributed by atoms with van der Waals surface area (Å²) in [4.78, 5) is 7.25. The van der Waals surface area contributed by atoms with Crippen LogP contribution in [0.3, 0.4) is 0 Å². The molecule has 7 heteroatoms. The molecule has 1 aromatic carbocycles. The maximum atomic E-state index is 9.42. The van der Waals surface area contributed by atoms with E-state index in [-0.39, 0.29) is 36.0 Å². The molecule has 1 atom stereocenters. The zero-order valence-electron chi connectivity index (χ0n) is 18.2. The van der Waals surface area contributed by atoms with Crippen LogP contribution in [0.25, 0.3) is 0 Å². The van der Waals surface area contributed by atoms with Crippen molar-refractivity contribution >= 4 is 29.9 Å². The molecule has 0 aromatic heterocycles. The Balaban J connectivity index is 0.00000420. The van der Waals surface area contributed by atoms with Crippen molar-refractivity contribution in [2.75, 3.05) is 46.0 Å². The van der Waals surface area contributed by atoms with Gasteiger partial charge in [0, 0.05) is 38.3 Å². The average molecular weight is 518 g/mol. The van der Waals surface area contributed by atoms with Crippen molar-refractivity contribution in [1.29, 1.82) is 0 Å². The maximum absolute atomic E-state index is 9.42. The largest absolute Gasteiger partial charge is 0.396 e. The number of aliphatic hydroxyl groups excluding tert-OH is 1. The molecular formula is C22H39IN4O2. The van der Waals surface area contributed by atoms with E-state index in [4.69, 9.17) is 9.73 Å². The van der Waals surface area contributed by atoms with Gasteiger partial charge in [0.25, 0.3) is 0 Å². The molecule has 1 fully saturated rings. The van der Waals surface area contributed by atoms with Crippen molar-refractivity contribution in [2.45, 2.75) is 46.7 Å². The number of hydrogen-bond donors (Lipinski definition) is 3. The van der Waals surface area contributed by atoms with Gasteiger partial charge in [0.1, 0.15) is 0 Å². The fourth-order valence-electron chi connectivity index (χ4n) is 3.64. The summed E-state index contributed by atoms with van der Waals surface area (Å²) < 4.78 is 5.59. The molecular weight excluding hydrogens is 479 g/mol. The first-order valence-corrected chi connectivity index (χ1v) is 10.7. The highest BCUT2D eigenvalue weighted by atomic mass is 127. The molecule has 0 radical (unpaired) electrons. The van der Waals surface area contributed by atoms with E-state index < -0.39 is 0 Å². The van der Waals surface area contributed by atoms with Crippen molar-refractivity contribution < 1.29 is 9.84 Å². The fourth-order valence-corrected chi connectivity index (χ4v) is 3.64. The number of nitrogens with one attached hydrogen (secondary N) is 2. The summed E-state index contributed by atoms with van der Waals surface area (Å²) in [5, 5.41) is 16.2. The van der Waals surface area contributed by atoms with Gasteiger partial charge in [-0.3, -0.25) is 4.90 Å². The lowest BCUT2D eigenvalue weighted by Crippen LogP contribution is -2.44. The highest BCUT2D eigenvalue weighted by Crippen LogP contribution is 2.31. The Morgan fingerprint density at radius 3 is 2.48 bits per heavy atom. The van der Waals surface area contributed by atoms with Gasteiger partial charge in [-0.05, 0) is 44.0 Å². The number of benzene rings is 1. The van der Waals surface area contributed by atoms with Crippen molar-refractivity contribution in [3.8, 4) is 0 Å². The van der Waals surface area contributed by atoms with Gasteiger partial charge in [-0.2, -0.15) is 0 Å². The van der Waals surface area contributed by atoms with E-state index in [1.165, 1.54) is 11.1 Å². The molecule has 6 nitrogen and oxygen atoms in total. The Labute approximate surface area is 193 Å². The van der Waals surface area contributed by atoms with Crippen LogP contribution < -0.4 is 10.6 Å². The Bertz CT molecular complexity index is 602. The van der Waals surface area contributed by atoms with Crippen LogP contribution in [-0.4, -0.2) is 62.0 Å². The van der Waals surface area contributed by atoms with Crippen LogP contribution in [-0.2, 0) is 17.8 Å². The second kappa shape index (κ2) is 14.2. The minimum absolute atomic E-state index is 0. The average Bonchev–Trinajstić information content (AvgIpc) is 3.18. The molecule has 0 amide bonds. The lowest BCUT2D eigenvalue weighted by atomic mass is 9.84. The summed E-state index contributed by atoms with van der Waals surface area (Å²) in [6.07, 6.45) is 1.73. The van der Waals surface area contributed by atoms with Gasteiger partial charge in [0.15, 0.2) is 5.96 Å². The van der Waals surface area contributed by atoms with Gasteiger partial charge in [-0.25, -0.2) is 4.99 Å². The lowest BCUT2D eigenvalue weighted by Gasteiger charge is -2.27. The Morgan fingerprint density at radius 2 is 1.90 bits per heavy atom. The first kappa shape index (κ1) is 26.1. The van der Waals surface area contributed by atoms with E-state index in [0.29, 0.717) is 13.2 Å². The number of hydrogen-bond acceptors (Lipinski definition) is 4. The summed E-state index contributed by atoms with van der Waals surface area (Å²) in [6.45, 7) is 13.4. The van der Waals surface area contributed by atoms with E-state index in [1.807, 2.05) is 0 Å². The monoisotopic (exact) mass is 518 g/mol. The number of nitrogens with zero attached hydrogens (tertiary/aromatic N) is 2. The number of halogens is 1. The van der Waals surface area contributed by atoms with Crippen LogP contribution in [0.4, 0.5) is 0 Å². The van der Waals surface area contributed by atoms with Gasteiger partial charge in [0.05, 0.1) is 13.2 Å². The van der Waals surface area contributed by atoms with Gasteiger partial charge in [-0.15, -0.1) is 24.0 Å². The van der Waals surface area contributed by atoms with Crippen molar-refractivity contribution in [1.82, 2.24) is 15.5 Å². The van der Waals surface area contributed by atoms with E-state index in [1.54, 1.807) is 0 Å². The summed E-state index contributed by atoms with van der Waals surface area (Å²) in [7, 11) is 0. The molecule has 2 rings (SSSR count). The Morgan fingerprint density at radius 1 is 1.17 bits per heavy atom. The molecule has 1 aliphatic rings. The van der Waals surface area contributed by atoms with Crippen LogP contribution in [0, 0.1) is 5.41 Å². The smallest absolute Gasteiger partial charge is 0.191 e. The topological polar surface area (TPSA) is 69.1 Å². The third-order valence-corrected chi connectivity index (χ3v) is 5.62. The van der Waals surface area contributed by atoms with E-state index in [2.05, 4.69) is 60.6 Å². The first-order chi connectivity index (χ1) is 13.7. The molecule has 166 valence electrons. The minimum atomic E-state index is 0. The second-order valence-corrected chi connectivity index (χ2v) is 7.56. The summed E-state index contributed by atoms with van der Waals surface area (Å²) in [6, 6.07) is 8.57. The highest BCUT2D eigenvalue weighted by molar-refractivity contribution is 14.0. The predicted octanol–water partition coefficient (Wildman–Crippen LogP) is 2.99. The normalized spacial score (nSPS) is 19.3. The number of ether oxygens (including phenoxy) is 1. The number of rotatable bonds is 11. The van der Waals surface area contributed by atoms with Crippen LogP contribution in [0.5, 0.6) is 0 Å². The zero-order valence-corrected chi connectivity index (χ0v) is 20.6. The minimum Gasteiger partial charge on any atom is -0.396 e. The molecule has 1 aliphatic heterocycles. The fraction of sp³-hybridized carbons (Fsp3) is 0.682. The maximum Gasteiger partial charge on any atom is 0.191 e. The molecule has 1 heterocycles. The third kappa shape index (κ3) is 8.39. The van der Waals surface area contributed by atoms with Crippen LogP contribution in [0.15, 0.2) is 29.3 Å². The van der Waals surface area contributed by atoms with E-state index in [9.17, 15) is 5.11 Å². The number of guanidine groups is 1. The van der Waals surface area contributed by atoms with Gasteiger partial charge in [-0.1, -0.05) is 38.1 Å². The molecule has 0 aliphatic carbocycles. The Hall–Kier alpha value is -0.900. The third-order valence-electron chi connectivity index (χ3n) is 5.62. The summed E-state index contributed by atoms with van der Waals surface area (Å²) in [5.41, 5.74) is 2.61. The summed E-state index contributed by atoms with van der Waals surface area (Å²) >= 11 is 0. The summed E-state index contributed by atoms with van der Waals surface area (Å²) in [5.74, 6) is 0.823. The predicted molar refractivity (Wildman–Crippen MR) is 131 cm³/mol. The molecule has 1 unspecified atom stereocenters. The highest BCUT2D eigenvalue weighted by Gasteiger charge is 2.34. The van der Waals surface area contributed by atoms with Crippen molar-refractivity contribution in [3.05, 3.63) is 35.4 Å². The molecule has 0 spiro atoms. The molecule has 1 aromatic rings. The van der Waals surface area contributed by atoms with Gasteiger partial charge in [0.2, 0.25) is 0 Å². The first-order valence-electron chi connectivity index (χ1n) is 10.7. The standard InChI is InChI=1S/C22H38N4O2.HI/c1-4-23-21(25-17-22(11-13-27)12-14-28-18-22)24-15-19-9-7-8-10-20(19)16-26(5-2)6-3;/h7-10,27H,4-6,11-18H2,1-3H3,(H2,23,24,25);1H. The van der Waals surface area contributed by atoms with Crippen LogP contribution in [0.2, 0.25) is 0 Å². The quantitative estimate of drug-likeness (QED) is 0.239. The SMILES string of the molecule is CCNC(=NCc1ccccc1CN(CC)CC)NCC1(CCO)CCOC1.I. The van der Waals surface area contributed by atoms with Crippen molar-refractivity contribution in [2.24, 2.45) is 10.4 Å². The molecule has 0 bridgehead atoms. The second-order valence-electron chi connectivity index (χ2n) is 7.56. The number of aliphatic hydroxyl groups is 1. The molecule has 1 saturated heterocycles. The van der Waals surface area contributed by atoms with Crippen LogP contribution in [0.1, 0.15) is 44.7 Å². The zero-order chi connectivity index (χ0) is 20.2. The van der Waals surface area contributed by atoms with Crippen LogP contribution >= 0.6 is 24.0 Å². The van der Waals surface area contributed by atoms with Gasteiger partial charge >= 0.3 is 0 Å². The van der Waals surface area contributed by atoms with E-state index >= 15 is 0 Å². The Kier molecular flexibility index (Phi) is 12.8. The van der Waals surface area contributed by atoms with Crippen molar-refractivity contribution in [3.63, 3.8) is 0 Å². The molecule has 0 saturated carbocycles. The van der Waals surface area contributed by atoms with Gasteiger partial charge < -0.3 is 20.5 Å². The van der Waals surface area contributed by atoms with E-state index in [0.717, 1.165) is 58.1 Å². The lowest BCUT2D eigenvalue weighted by molar-refractivity contribution is 0.127.